The van der Waals surface area contributed by atoms with Crippen LogP contribution >= 0.6 is 24.2 Å². The highest BCUT2D eigenvalue weighted by Gasteiger charge is 2.33. The molecular weight excluding hydrogens is 274 g/mol. The average molecular weight is 288 g/mol. The van der Waals surface area contributed by atoms with Crippen molar-refractivity contribution in [2.75, 3.05) is 0 Å². The summed E-state index contributed by atoms with van der Waals surface area (Å²) >= 11 is 9.94. The van der Waals surface area contributed by atoms with E-state index in [9.17, 15) is 9.59 Å². The first-order chi connectivity index (χ1) is 8.21. The van der Waals surface area contributed by atoms with Crippen molar-refractivity contribution < 1.29 is 14.7 Å². The summed E-state index contributed by atoms with van der Waals surface area (Å²) in [6, 6.07) is 5.20. The zero-order chi connectivity index (χ0) is 13.9. The molecule has 0 heterocycles. The van der Waals surface area contributed by atoms with E-state index in [0.717, 1.165) is 0 Å². The van der Waals surface area contributed by atoms with Crippen molar-refractivity contribution in [3.05, 3.63) is 34.9 Å². The predicted octanol–water partition coefficient (Wildman–Crippen LogP) is 2.23. The summed E-state index contributed by atoms with van der Waals surface area (Å²) in [5.74, 6) is -1.63. The lowest BCUT2D eigenvalue weighted by molar-refractivity contribution is -0.139. The molecule has 0 spiro atoms. The van der Waals surface area contributed by atoms with Gasteiger partial charge in [0.25, 0.3) is 5.91 Å². The Kier molecular flexibility index (Phi) is 4.65. The van der Waals surface area contributed by atoms with Gasteiger partial charge in [0, 0.05) is 15.3 Å². The minimum atomic E-state index is -1.13. The number of carbonyl (C=O) groups is 2. The Morgan fingerprint density at radius 2 is 2.06 bits per heavy atom. The second kappa shape index (κ2) is 5.63. The number of halogens is 1. The van der Waals surface area contributed by atoms with Crippen molar-refractivity contribution in [2.24, 2.45) is 0 Å². The lowest BCUT2D eigenvalue weighted by Crippen LogP contribution is -2.51. The van der Waals surface area contributed by atoms with E-state index < -0.39 is 22.7 Å². The van der Waals surface area contributed by atoms with Gasteiger partial charge in [0.05, 0.1) is 0 Å². The minimum absolute atomic E-state index is 0.311. The molecule has 1 amide bonds. The highest BCUT2D eigenvalue weighted by atomic mass is 35.5. The van der Waals surface area contributed by atoms with E-state index in [1.807, 2.05) is 0 Å². The van der Waals surface area contributed by atoms with Crippen LogP contribution in [0.1, 0.15) is 24.2 Å². The van der Waals surface area contributed by atoms with Gasteiger partial charge >= 0.3 is 5.97 Å². The van der Waals surface area contributed by atoms with E-state index in [0.29, 0.717) is 10.6 Å². The van der Waals surface area contributed by atoms with E-state index in [-0.39, 0.29) is 0 Å². The van der Waals surface area contributed by atoms with Gasteiger partial charge in [0.1, 0.15) is 6.04 Å². The SMILES string of the molecule is CC(C)(S)C(NC(=O)c1cccc(Cl)c1)C(=O)O. The van der Waals surface area contributed by atoms with E-state index in [1.54, 1.807) is 32.0 Å². The van der Waals surface area contributed by atoms with Crippen LogP contribution in [0.15, 0.2) is 24.3 Å². The molecule has 0 saturated carbocycles. The Labute approximate surface area is 116 Å². The monoisotopic (exact) mass is 287 g/mol. The second-order valence-electron chi connectivity index (χ2n) is 4.41. The van der Waals surface area contributed by atoms with Crippen LogP contribution in [0.5, 0.6) is 0 Å². The van der Waals surface area contributed by atoms with E-state index in [1.165, 1.54) is 6.07 Å². The molecule has 4 nitrogen and oxygen atoms in total. The maximum atomic E-state index is 11.9. The van der Waals surface area contributed by atoms with Crippen LogP contribution in [0.4, 0.5) is 0 Å². The molecule has 6 heteroatoms. The number of carboxylic acids is 1. The molecule has 1 rings (SSSR count). The first-order valence-electron chi connectivity index (χ1n) is 5.23. The van der Waals surface area contributed by atoms with Gasteiger partial charge in [-0.15, -0.1) is 0 Å². The van der Waals surface area contributed by atoms with Crippen molar-refractivity contribution in [3.63, 3.8) is 0 Å². The summed E-state index contributed by atoms with van der Waals surface area (Å²) in [6.07, 6.45) is 0. The highest BCUT2D eigenvalue weighted by molar-refractivity contribution is 7.81. The number of hydrogen-bond donors (Lipinski definition) is 3. The maximum Gasteiger partial charge on any atom is 0.327 e. The molecular formula is C12H14ClNO3S. The van der Waals surface area contributed by atoms with E-state index >= 15 is 0 Å². The molecule has 0 saturated heterocycles. The Hall–Kier alpha value is -1.20. The van der Waals surface area contributed by atoms with Gasteiger partial charge < -0.3 is 10.4 Å². The van der Waals surface area contributed by atoms with Crippen LogP contribution in [0.25, 0.3) is 0 Å². The smallest absolute Gasteiger partial charge is 0.327 e. The Bertz CT molecular complexity index is 471. The molecule has 0 bridgehead atoms. The van der Waals surface area contributed by atoms with Crippen LogP contribution in [0.3, 0.4) is 0 Å². The largest absolute Gasteiger partial charge is 0.480 e. The molecule has 2 N–H and O–H groups in total. The quantitative estimate of drug-likeness (QED) is 0.744. The molecule has 0 aliphatic carbocycles. The third-order valence-corrected chi connectivity index (χ3v) is 2.81. The summed E-state index contributed by atoms with van der Waals surface area (Å²) in [6.45, 7) is 3.24. The molecule has 0 aliphatic heterocycles. The van der Waals surface area contributed by atoms with Crippen molar-refractivity contribution in [1.29, 1.82) is 0 Å². The molecule has 1 unspecified atom stereocenters. The summed E-state index contributed by atoms with van der Waals surface area (Å²) in [5, 5.41) is 11.9. The first-order valence-corrected chi connectivity index (χ1v) is 6.06. The van der Waals surface area contributed by atoms with Gasteiger partial charge in [-0.1, -0.05) is 17.7 Å². The standard InChI is InChI=1S/C12H14ClNO3S/c1-12(2,18)9(11(16)17)14-10(15)7-4-3-5-8(13)6-7/h3-6,9,18H,1-2H3,(H,14,15)(H,16,17). The fourth-order valence-electron chi connectivity index (χ4n) is 1.38. The fraction of sp³-hybridized carbons (Fsp3) is 0.333. The molecule has 0 fully saturated rings. The molecule has 18 heavy (non-hydrogen) atoms. The number of carboxylic acid groups (broad SMARTS) is 1. The minimum Gasteiger partial charge on any atom is -0.480 e. The number of thiol groups is 1. The van der Waals surface area contributed by atoms with Crippen molar-refractivity contribution in [3.8, 4) is 0 Å². The van der Waals surface area contributed by atoms with Gasteiger partial charge in [-0.2, -0.15) is 12.6 Å². The summed E-state index contributed by atoms with van der Waals surface area (Å²) in [5.41, 5.74) is 0.311. The van der Waals surface area contributed by atoms with E-state index in [2.05, 4.69) is 17.9 Å². The Balaban J connectivity index is 2.89. The number of rotatable bonds is 4. The Morgan fingerprint density at radius 3 is 2.50 bits per heavy atom. The van der Waals surface area contributed by atoms with Crippen molar-refractivity contribution in [1.82, 2.24) is 5.32 Å². The van der Waals surface area contributed by atoms with Gasteiger partial charge in [0.2, 0.25) is 0 Å². The molecule has 98 valence electrons. The van der Waals surface area contributed by atoms with Crippen LogP contribution in [-0.4, -0.2) is 27.8 Å². The third kappa shape index (κ3) is 3.92. The van der Waals surface area contributed by atoms with Crippen LogP contribution in [0, 0.1) is 0 Å². The van der Waals surface area contributed by atoms with Crippen molar-refractivity contribution >= 4 is 36.1 Å². The van der Waals surface area contributed by atoms with Gasteiger partial charge in [-0.3, -0.25) is 4.79 Å². The van der Waals surface area contributed by atoms with Gasteiger partial charge in [-0.25, -0.2) is 4.79 Å². The van der Waals surface area contributed by atoms with Crippen LogP contribution in [-0.2, 0) is 4.79 Å². The number of benzene rings is 1. The van der Waals surface area contributed by atoms with Crippen molar-refractivity contribution in [2.45, 2.75) is 24.6 Å². The van der Waals surface area contributed by atoms with Crippen LogP contribution < -0.4 is 5.32 Å². The molecule has 1 aromatic carbocycles. The first kappa shape index (κ1) is 14.9. The number of amides is 1. The lowest BCUT2D eigenvalue weighted by atomic mass is 10.0. The topological polar surface area (TPSA) is 66.4 Å². The summed E-state index contributed by atoms with van der Waals surface area (Å²) in [7, 11) is 0. The zero-order valence-electron chi connectivity index (χ0n) is 9.98. The third-order valence-electron chi connectivity index (χ3n) is 2.32. The van der Waals surface area contributed by atoms with Gasteiger partial charge in [0.15, 0.2) is 0 Å². The Morgan fingerprint density at radius 1 is 1.44 bits per heavy atom. The number of hydrogen-bond acceptors (Lipinski definition) is 3. The molecule has 0 aliphatic rings. The van der Waals surface area contributed by atoms with Crippen LogP contribution in [0.2, 0.25) is 5.02 Å². The average Bonchev–Trinajstić information content (AvgIpc) is 2.23. The summed E-state index contributed by atoms with van der Waals surface area (Å²) in [4.78, 5) is 23.0. The summed E-state index contributed by atoms with van der Waals surface area (Å²) < 4.78 is -0.875. The molecule has 1 aromatic rings. The number of nitrogens with one attached hydrogen (secondary N) is 1. The number of aliphatic carboxylic acids is 1. The maximum absolute atomic E-state index is 11.9. The second-order valence-corrected chi connectivity index (χ2v) is 6.00. The molecule has 0 radical (unpaired) electrons. The molecule has 1 atom stereocenters. The van der Waals surface area contributed by atoms with E-state index in [4.69, 9.17) is 16.7 Å². The molecule has 0 aromatic heterocycles. The predicted molar refractivity (Wildman–Crippen MR) is 73.4 cm³/mol. The number of carbonyl (C=O) groups excluding carboxylic acids is 1. The lowest BCUT2D eigenvalue weighted by Gasteiger charge is -2.26. The fourth-order valence-corrected chi connectivity index (χ4v) is 1.75. The zero-order valence-corrected chi connectivity index (χ0v) is 11.6. The highest BCUT2D eigenvalue weighted by Crippen LogP contribution is 2.19. The normalized spacial score (nSPS) is 12.9. The van der Waals surface area contributed by atoms with Gasteiger partial charge in [-0.05, 0) is 32.0 Å².